The zero-order valence-electron chi connectivity index (χ0n) is 11.7. The van der Waals surface area contributed by atoms with Gasteiger partial charge in [-0.1, -0.05) is 42.5 Å². The summed E-state index contributed by atoms with van der Waals surface area (Å²) in [5.41, 5.74) is -0.510. The molecule has 3 rings (SSSR count). The molecule has 2 aromatic rings. The van der Waals surface area contributed by atoms with Crippen molar-refractivity contribution in [2.75, 3.05) is 6.61 Å². The molecule has 1 N–H and O–H groups in total. The maximum absolute atomic E-state index is 12.1. The maximum atomic E-state index is 12.1. The lowest BCUT2D eigenvalue weighted by Gasteiger charge is -2.12. The molecule has 2 unspecified atom stereocenters. The lowest BCUT2D eigenvalue weighted by molar-refractivity contribution is -0.161. The van der Waals surface area contributed by atoms with E-state index in [-0.39, 0.29) is 12.5 Å². The number of benzene rings is 2. The summed E-state index contributed by atoms with van der Waals surface area (Å²) in [4.78, 5) is 23.7. The van der Waals surface area contributed by atoms with Gasteiger partial charge in [-0.3, -0.25) is 9.59 Å². The molecule has 1 saturated carbocycles. The highest BCUT2D eigenvalue weighted by molar-refractivity contribution is 6.05. The van der Waals surface area contributed by atoms with Crippen LogP contribution in [0.2, 0.25) is 0 Å². The van der Waals surface area contributed by atoms with Crippen molar-refractivity contribution in [2.45, 2.75) is 19.3 Å². The van der Waals surface area contributed by atoms with Crippen LogP contribution in [-0.4, -0.2) is 23.7 Å². The molecule has 2 aromatic carbocycles. The number of hydrogen-bond acceptors (Lipinski definition) is 3. The van der Waals surface area contributed by atoms with Gasteiger partial charge in [0.1, 0.15) is 0 Å². The van der Waals surface area contributed by atoms with E-state index in [2.05, 4.69) is 0 Å². The van der Waals surface area contributed by atoms with Crippen molar-refractivity contribution >= 4 is 22.7 Å². The first kappa shape index (κ1) is 13.6. The van der Waals surface area contributed by atoms with Crippen LogP contribution in [0.4, 0.5) is 0 Å². The van der Waals surface area contributed by atoms with Gasteiger partial charge in [0.2, 0.25) is 0 Å². The first-order valence-electron chi connectivity index (χ1n) is 6.99. The van der Waals surface area contributed by atoms with Crippen molar-refractivity contribution in [1.82, 2.24) is 0 Å². The van der Waals surface area contributed by atoms with Crippen LogP contribution in [0.1, 0.15) is 24.8 Å². The van der Waals surface area contributed by atoms with Crippen LogP contribution in [0.5, 0.6) is 0 Å². The highest BCUT2D eigenvalue weighted by atomic mass is 16.5. The molecule has 0 aliphatic heterocycles. The predicted octanol–water partition coefficient (Wildman–Crippen LogP) is 2.96. The number of carbonyl (C=O) groups excluding carboxylic acids is 1. The summed E-state index contributed by atoms with van der Waals surface area (Å²) in [6, 6.07) is 13.6. The molecule has 2 atom stereocenters. The molecule has 0 aromatic heterocycles. The number of hydrogen-bond donors (Lipinski definition) is 1. The Labute approximate surface area is 122 Å². The van der Waals surface area contributed by atoms with Gasteiger partial charge in [-0.25, -0.2) is 0 Å². The fourth-order valence-corrected chi connectivity index (χ4v) is 3.00. The summed E-state index contributed by atoms with van der Waals surface area (Å²) < 4.78 is 4.97. The Hall–Kier alpha value is -2.36. The lowest BCUT2D eigenvalue weighted by atomic mass is 9.95. The number of carboxylic acid groups (broad SMARTS) is 1. The van der Waals surface area contributed by atoms with Crippen LogP contribution in [-0.2, 0) is 14.3 Å². The summed E-state index contributed by atoms with van der Waals surface area (Å²) >= 11 is 0. The molecule has 4 nitrogen and oxygen atoms in total. The quantitative estimate of drug-likeness (QED) is 0.692. The van der Waals surface area contributed by atoms with Crippen LogP contribution in [0.15, 0.2) is 42.5 Å². The second-order valence-electron chi connectivity index (χ2n) is 5.32. The van der Waals surface area contributed by atoms with E-state index in [0.29, 0.717) is 6.42 Å². The molecule has 0 spiro atoms. The van der Waals surface area contributed by atoms with Crippen molar-refractivity contribution in [1.29, 1.82) is 0 Å². The highest BCUT2D eigenvalue weighted by Gasteiger charge is 2.68. The third kappa shape index (κ3) is 1.98. The van der Waals surface area contributed by atoms with Crippen molar-refractivity contribution in [2.24, 2.45) is 5.41 Å². The third-order valence-corrected chi connectivity index (χ3v) is 4.18. The van der Waals surface area contributed by atoms with E-state index in [1.165, 1.54) is 0 Å². The molecule has 0 amide bonds. The van der Waals surface area contributed by atoms with Gasteiger partial charge in [-0.15, -0.1) is 0 Å². The average molecular weight is 284 g/mol. The Kier molecular flexibility index (Phi) is 3.16. The monoisotopic (exact) mass is 284 g/mol. The normalized spacial score (nSPS) is 23.8. The third-order valence-electron chi connectivity index (χ3n) is 4.18. The Morgan fingerprint density at radius 3 is 2.67 bits per heavy atom. The van der Waals surface area contributed by atoms with Crippen LogP contribution in [0.25, 0.3) is 10.8 Å². The number of fused-ring (bicyclic) bond motifs is 1. The van der Waals surface area contributed by atoms with Crippen molar-refractivity contribution in [3.8, 4) is 0 Å². The van der Waals surface area contributed by atoms with Crippen LogP contribution >= 0.6 is 0 Å². The minimum atomic E-state index is -1.42. The minimum absolute atomic E-state index is 0.191. The number of rotatable bonds is 4. The first-order valence-corrected chi connectivity index (χ1v) is 6.99. The summed E-state index contributed by atoms with van der Waals surface area (Å²) in [6.45, 7) is 1.87. The molecule has 0 radical (unpaired) electrons. The van der Waals surface area contributed by atoms with Crippen LogP contribution in [0.3, 0.4) is 0 Å². The first-order chi connectivity index (χ1) is 10.1. The van der Waals surface area contributed by atoms with Gasteiger partial charge < -0.3 is 9.84 Å². The van der Waals surface area contributed by atoms with Gasteiger partial charge in [0.15, 0.2) is 5.41 Å². The van der Waals surface area contributed by atoms with Gasteiger partial charge >= 0.3 is 11.9 Å². The average Bonchev–Trinajstić information content (AvgIpc) is 3.24. The highest BCUT2D eigenvalue weighted by Crippen LogP contribution is 2.61. The van der Waals surface area contributed by atoms with Crippen molar-refractivity contribution in [3.05, 3.63) is 48.0 Å². The van der Waals surface area contributed by atoms with E-state index < -0.39 is 17.4 Å². The zero-order valence-corrected chi connectivity index (χ0v) is 11.7. The van der Waals surface area contributed by atoms with Crippen molar-refractivity contribution < 1.29 is 19.4 Å². The standard InChI is InChI=1S/C17H16O4/c1-2-21-16(20)17(15(18)19)10-14(17)13-9-5-7-11-6-3-4-8-12(11)13/h3-9,14H,2,10H2,1H3,(H,18,19). The van der Waals surface area contributed by atoms with E-state index in [1.807, 2.05) is 42.5 Å². The fourth-order valence-electron chi connectivity index (χ4n) is 3.00. The number of aliphatic carboxylic acids is 1. The van der Waals surface area contributed by atoms with Gasteiger partial charge in [0.05, 0.1) is 6.61 Å². The molecule has 0 bridgehead atoms. The molecule has 1 fully saturated rings. The number of esters is 1. The lowest BCUT2D eigenvalue weighted by Crippen LogP contribution is -2.29. The smallest absolute Gasteiger partial charge is 0.324 e. The molecule has 108 valence electrons. The largest absolute Gasteiger partial charge is 0.480 e. The van der Waals surface area contributed by atoms with E-state index >= 15 is 0 Å². The molecule has 0 heterocycles. The van der Waals surface area contributed by atoms with Gasteiger partial charge in [-0.2, -0.15) is 0 Å². The van der Waals surface area contributed by atoms with E-state index in [4.69, 9.17) is 4.74 Å². The Balaban J connectivity index is 2.05. The molecule has 1 aliphatic carbocycles. The SMILES string of the molecule is CCOC(=O)C1(C(=O)O)CC1c1cccc2ccccc12. The van der Waals surface area contributed by atoms with Crippen molar-refractivity contribution in [3.63, 3.8) is 0 Å². The molecular formula is C17H16O4. The molecule has 1 aliphatic rings. The van der Waals surface area contributed by atoms with Gasteiger partial charge in [0, 0.05) is 5.92 Å². The van der Waals surface area contributed by atoms with Crippen LogP contribution in [0, 0.1) is 5.41 Å². The molecule has 21 heavy (non-hydrogen) atoms. The van der Waals surface area contributed by atoms with E-state index in [0.717, 1.165) is 16.3 Å². The van der Waals surface area contributed by atoms with E-state index in [9.17, 15) is 14.7 Å². The Morgan fingerprint density at radius 1 is 1.24 bits per heavy atom. The molecule has 4 heteroatoms. The zero-order chi connectivity index (χ0) is 15.0. The number of carbonyl (C=O) groups is 2. The number of ether oxygens (including phenoxy) is 1. The Bertz CT molecular complexity index is 716. The van der Waals surface area contributed by atoms with E-state index in [1.54, 1.807) is 6.92 Å². The summed E-state index contributed by atoms with van der Waals surface area (Å²) in [7, 11) is 0. The second-order valence-corrected chi connectivity index (χ2v) is 5.32. The Morgan fingerprint density at radius 2 is 1.95 bits per heavy atom. The predicted molar refractivity (Wildman–Crippen MR) is 78.0 cm³/mol. The second kappa shape index (κ2) is 4.88. The van der Waals surface area contributed by atoms with Gasteiger partial charge in [0.25, 0.3) is 0 Å². The maximum Gasteiger partial charge on any atom is 0.324 e. The molecule has 0 saturated heterocycles. The summed E-state index contributed by atoms with van der Waals surface area (Å²) in [6.07, 6.45) is 0.301. The molecular weight excluding hydrogens is 268 g/mol. The summed E-state index contributed by atoms with van der Waals surface area (Å²) in [5.74, 6) is -2.05. The topological polar surface area (TPSA) is 63.6 Å². The van der Waals surface area contributed by atoms with Crippen LogP contribution < -0.4 is 0 Å². The van der Waals surface area contributed by atoms with Gasteiger partial charge in [-0.05, 0) is 29.7 Å². The fraction of sp³-hybridized carbons (Fsp3) is 0.294. The minimum Gasteiger partial charge on any atom is -0.480 e. The number of carboxylic acids is 1. The summed E-state index contributed by atoms with van der Waals surface area (Å²) in [5, 5.41) is 11.5.